The molecule has 0 radical (unpaired) electrons. The van der Waals surface area contributed by atoms with E-state index in [0.717, 1.165) is 56.2 Å². The Labute approximate surface area is 137 Å². The molecule has 1 fully saturated rings. The first kappa shape index (κ1) is 14.7. The Bertz CT molecular complexity index is 708. The first-order chi connectivity index (χ1) is 11.3. The summed E-state index contributed by atoms with van der Waals surface area (Å²) >= 11 is 0. The van der Waals surface area contributed by atoms with Gasteiger partial charge >= 0.3 is 0 Å². The van der Waals surface area contributed by atoms with E-state index in [-0.39, 0.29) is 0 Å². The van der Waals surface area contributed by atoms with Gasteiger partial charge in [-0.15, -0.1) is 0 Å². The smallest absolute Gasteiger partial charge is 0.0594 e. The number of aromatic nitrogens is 1. The third kappa shape index (κ3) is 2.96. The number of fused-ring (bicyclic) bond motifs is 1. The number of morpholine rings is 1. The molecule has 0 unspecified atom stereocenters. The highest BCUT2D eigenvalue weighted by Gasteiger charge is 2.17. The van der Waals surface area contributed by atoms with Crippen molar-refractivity contribution in [1.29, 1.82) is 0 Å². The van der Waals surface area contributed by atoms with Crippen LogP contribution in [0.25, 0.3) is 11.1 Å². The van der Waals surface area contributed by atoms with Gasteiger partial charge < -0.3 is 10.5 Å². The number of hydrogen-bond donors (Lipinski definition) is 1. The SMILES string of the molecule is Nc1c(-c2ccnc(CN3CCOCC3)c2)ccc2c1CCC2. The lowest BCUT2D eigenvalue weighted by molar-refractivity contribution is 0.0336. The fourth-order valence-corrected chi connectivity index (χ4v) is 3.67. The summed E-state index contributed by atoms with van der Waals surface area (Å²) in [4.78, 5) is 6.93. The van der Waals surface area contributed by atoms with Crippen LogP contribution >= 0.6 is 0 Å². The molecule has 1 aliphatic carbocycles. The molecule has 0 bridgehead atoms. The molecule has 1 aliphatic heterocycles. The molecule has 0 saturated carbocycles. The van der Waals surface area contributed by atoms with Crippen LogP contribution in [0.4, 0.5) is 5.69 Å². The van der Waals surface area contributed by atoms with Gasteiger partial charge in [0.25, 0.3) is 0 Å². The standard InChI is InChI=1S/C19H23N3O/c20-19-17-3-1-2-14(17)4-5-18(19)15-6-7-21-16(12-15)13-22-8-10-23-11-9-22/h4-7,12H,1-3,8-11,13,20H2. The number of nitrogens with zero attached hydrogens (tertiary/aromatic N) is 2. The topological polar surface area (TPSA) is 51.4 Å². The number of pyridine rings is 1. The second kappa shape index (κ2) is 6.30. The van der Waals surface area contributed by atoms with Crippen LogP contribution in [0, 0.1) is 0 Å². The fourth-order valence-electron chi connectivity index (χ4n) is 3.67. The van der Waals surface area contributed by atoms with E-state index < -0.39 is 0 Å². The molecule has 0 spiro atoms. The Morgan fingerprint density at radius 2 is 2.00 bits per heavy atom. The van der Waals surface area contributed by atoms with Gasteiger partial charge in [-0.25, -0.2) is 0 Å². The van der Waals surface area contributed by atoms with E-state index in [1.807, 2.05) is 6.20 Å². The molecule has 1 aromatic heterocycles. The minimum absolute atomic E-state index is 0.817. The van der Waals surface area contributed by atoms with Crippen LogP contribution in [0.3, 0.4) is 0 Å². The molecule has 2 aliphatic rings. The van der Waals surface area contributed by atoms with Crippen molar-refractivity contribution in [2.45, 2.75) is 25.8 Å². The van der Waals surface area contributed by atoms with Crippen molar-refractivity contribution in [2.75, 3.05) is 32.0 Å². The van der Waals surface area contributed by atoms with E-state index >= 15 is 0 Å². The summed E-state index contributed by atoms with van der Waals surface area (Å²) in [5, 5.41) is 0. The summed E-state index contributed by atoms with van der Waals surface area (Å²) in [7, 11) is 0. The van der Waals surface area contributed by atoms with E-state index in [4.69, 9.17) is 10.5 Å². The fraction of sp³-hybridized carbons (Fsp3) is 0.421. The van der Waals surface area contributed by atoms with Gasteiger partial charge in [-0.2, -0.15) is 0 Å². The van der Waals surface area contributed by atoms with Crippen LogP contribution in [0.5, 0.6) is 0 Å². The number of nitrogen functional groups attached to an aromatic ring is 1. The normalized spacial score (nSPS) is 18.1. The van der Waals surface area contributed by atoms with Gasteiger partial charge in [0.05, 0.1) is 18.9 Å². The number of ether oxygens (including phenoxy) is 1. The Kier molecular flexibility index (Phi) is 4.02. The first-order valence-electron chi connectivity index (χ1n) is 8.47. The zero-order valence-corrected chi connectivity index (χ0v) is 13.4. The number of hydrogen-bond acceptors (Lipinski definition) is 4. The molecule has 1 aromatic carbocycles. The molecule has 4 rings (SSSR count). The van der Waals surface area contributed by atoms with Gasteiger partial charge in [0.2, 0.25) is 0 Å². The summed E-state index contributed by atoms with van der Waals surface area (Å²) < 4.78 is 5.41. The van der Waals surface area contributed by atoms with Crippen molar-refractivity contribution in [3.8, 4) is 11.1 Å². The number of aryl methyl sites for hydroxylation is 1. The molecular weight excluding hydrogens is 286 g/mol. The largest absolute Gasteiger partial charge is 0.398 e. The van der Waals surface area contributed by atoms with Crippen LogP contribution in [0.1, 0.15) is 23.2 Å². The highest BCUT2D eigenvalue weighted by Crippen LogP contribution is 2.35. The van der Waals surface area contributed by atoms with Crippen molar-refractivity contribution in [1.82, 2.24) is 9.88 Å². The number of rotatable bonds is 3. The van der Waals surface area contributed by atoms with Crippen molar-refractivity contribution < 1.29 is 4.74 Å². The Hall–Kier alpha value is -1.91. The molecule has 2 aromatic rings. The Morgan fingerprint density at radius 3 is 2.87 bits per heavy atom. The lowest BCUT2D eigenvalue weighted by Crippen LogP contribution is -2.35. The third-order valence-electron chi connectivity index (χ3n) is 4.94. The summed E-state index contributed by atoms with van der Waals surface area (Å²) in [5.41, 5.74) is 13.6. The average molecular weight is 309 g/mol. The summed E-state index contributed by atoms with van der Waals surface area (Å²) in [5.74, 6) is 0. The molecule has 2 heterocycles. The zero-order valence-electron chi connectivity index (χ0n) is 13.4. The predicted octanol–water partition coefficient (Wildman–Crippen LogP) is 2.65. The lowest BCUT2D eigenvalue weighted by Gasteiger charge is -2.26. The Morgan fingerprint density at radius 1 is 1.13 bits per heavy atom. The molecule has 23 heavy (non-hydrogen) atoms. The second-order valence-electron chi connectivity index (χ2n) is 6.44. The molecule has 4 heteroatoms. The molecule has 0 amide bonds. The highest BCUT2D eigenvalue weighted by atomic mass is 16.5. The maximum absolute atomic E-state index is 6.45. The molecule has 4 nitrogen and oxygen atoms in total. The quantitative estimate of drug-likeness (QED) is 0.886. The molecule has 120 valence electrons. The van der Waals surface area contributed by atoms with E-state index in [9.17, 15) is 0 Å². The maximum Gasteiger partial charge on any atom is 0.0594 e. The Balaban J connectivity index is 1.61. The molecule has 2 N–H and O–H groups in total. The minimum Gasteiger partial charge on any atom is -0.398 e. The van der Waals surface area contributed by atoms with E-state index in [0.29, 0.717) is 0 Å². The molecular formula is C19H23N3O. The van der Waals surface area contributed by atoms with Gasteiger partial charge in [0, 0.05) is 37.1 Å². The number of nitrogens with two attached hydrogens (primary N) is 1. The highest BCUT2D eigenvalue weighted by molar-refractivity contribution is 5.80. The number of benzene rings is 1. The molecule has 0 atom stereocenters. The van der Waals surface area contributed by atoms with Crippen molar-refractivity contribution >= 4 is 5.69 Å². The third-order valence-corrected chi connectivity index (χ3v) is 4.94. The van der Waals surface area contributed by atoms with Crippen molar-refractivity contribution in [3.05, 3.63) is 47.3 Å². The first-order valence-corrected chi connectivity index (χ1v) is 8.47. The van der Waals surface area contributed by atoms with Crippen molar-refractivity contribution in [3.63, 3.8) is 0 Å². The summed E-state index contributed by atoms with van der Waals surface area (Å²) in [6.07, 6.45) is 5.40. The van der Waals surface area contributed by atoms with Gasteiger partial charge in [-0.1, -0.05) is 12.1 Å². The monoisotopic (exact) mass is 309 g/mol. The minimum atomic E-state index is 0.817. The van der Waals surface area contributed by atoms with Crippen LogP contribution < -0.4 is 5.73 Å². The lowest BCUT2D eigenvalue weighted by atomic mass is 9.98. The van der Waals surface area contributed by atoms with E-state index in [1.54, 1.807) is 0 Å². The summed E-state index contributed by atoms with van der Waals surface area (Å²) in [6.45, 7) is 4.47. The van der Waals surface area contributed by atoms with Gasteiger partial charge in [-0.3, -0.25) is 9.88 Å². The zero-order chi connectivity index (χ0) is 15.6. The second-order valence-corrected chi connectivity index (χ2v) is 6.44. The number of anilines is 1. The van der Waals surface area contributed by atoms with E-state index in [2.05, 4.69) is 34.1 Å². The predicted molar refractivity (Wildman–Crippen MR) is 92.2 cm³/mol. The van der Waals surface area contributed by atoms with Crippen LogP contribution in [0.15, 0.2) is 30.5 Å². The van der Waals surface area contributed by atoms with Gasteiger partial charge in [0.15, 0.2) is 0 Å². The maximum atomic E-state index is 6.45. The summed E-state index contributed by atoms with van der Waals surface area (Å²) in [6, 6.07) is 8.67. The molecule has 1 saturated heterocycles. The van der Waals surface area contributed by atoms with E-state index in [1.165, 1.54) is 29.5 Å². The van der Waals surface area contributed by atoms with Crippen molar-refractivity contribution in [2.24, 2.45) is 0 Å². The average Bonchev–Trinajstić information content (AvgIpc) is 3.06. The van der Waals surface area contributed by atoms with Crippen LogP contribution in [-0.4, -0.2) is 36.2 Å². The van der Waals surface area contributed by atoms with Crippen LogP contribution in [0.2, 0.25) is 0 Å². The van der Waals surface area contributed by atoms with Gasteiger partial charge in [-0.05, 0) is 48.1 Å². The van der Waals surface area contributed by atoms with Crippen LogP contribution in [-0.2, 0) is 24.1 Å². The van der Waals surface area contributed by atoms with Gasteiger partial charge in [0.1, 0.15) is 0 Å².